The fourth-order valence-corrected chi connectivity index (χ4v) is 3.66. The molecule has 0 fully saturated rings. The molecule has 19 heavy (non-hydrogen) atoms. The number of hydrogen-bond donors (Lipinski definition) is 2. The molecule has 0 radical (unpaired) electrons. The Morgan fingerprint density at radius 1 is 1.58 bits per heavy atom. The molecule has 0 aliphatic heterocycles. The zero-order valence-corrected chi connectivity index (χ0v) is 12.9. The van der Waals surface area contributed by atoms with Gasteiger partial charge in [-0.2, -0.15) is 16.9 Å². The van der Waals surface area contributed by atoms with Crippen molar-refractivity contribution in [3.05, 3.63) is 12.4 Å². The van der Waals surface area contributed by atoms with Gasteiger partial charge in [0.15, 0.2) is 0 Å². The predicted octanol–water partition coefficient (Wildman–Crippen LogP) is 0.685. The first-order valence-electron chi connectivity index (χ1n) is 6.18. The SMILES string of the molecule is CCC(CSC)NS(=O)(=O)c1cnn(CCCO)c1. The summed E-state index contributed by atoms with van der Waals surface area (Å²) in [4.78, 5) is 0.171. The third kappa shape index (κ3) is 5.13. The lowest BCUT2D eigenvalue weighted by Gasteiger charge is -2.14. The van der Waals surface area contributed by atoms with Crippen molar-refractivity contribution < 1.29 is 13.5 Å². The van der Waals surface area contributed by atoms with Crippen molar-refractivity contribution in [1.29, 1.82) is 0 Å². The summed E-state index contributed by atoms with van der Waals surface area (Å²) in [7, 11) is -3.51. The first kappa shape index (κ1) is 16.5. The van der Waals surface area contributed by atoms with Crippen molar-refractivity contribution in [2.45, 2.75) is 37.2 Å². The summed E-state index contributed by atoms with van der Waals surface area (Å²) in [6, 6.07) is -0.0687. The second kappa shape index (κ2) is 7.88. The van der Waals surface area contributed by atoms with Gasteiger partial charge in [0.2, 0.25) is 10.0 Å². The van der Waals surface area contributed by atoms with E-state index in [1.807, 2.05) is 13.2 Å². The molecule has 0 aromatic carbocycles. The number of aliphatic hydroxyl groups excluding tert-OH is 1. The van der Waals surface area contributed by atoms with E-state index in [0.29, 0.717) is 13.0 Å². The van der Waals surface area contributed by atoms with Crippen LogP contribution in [-0.2, 0) is 16.6 Å². The Labute approximate surface area is 118 Å². The Balaban J connectivity index is 2.73. The van der Waals surface area contributed by atoms with Crippen LogP contribution in [-0.4, -0.2) is 48.0 Å². The Morgan fingerprint density at radius 2 is 2.32 bits per heavy atom. The van der Waals surface area contributed by atoms with Crippen LogP contribution in [0.1, 0.15) is 19.8 Å². The fourth-order valence-electron chi connectivity index (χ4n) is 1.56. The Bertz CT molecular complexity index is 473. The fraction of sp³-hybridized carbons (Fsp3) is 0.727. The summed E-state index contributed by atoms with van der Waals surface area (Å²) < 4.78 is 28.5. The molecule has 1 atom stereocenters. The molecule has 0 saturated heterocycles. The van der Waals surface area contributed by atoms with Crippen LogP contribution in [0.4, 0.5) is 0 Å². The summed E-state index contributed by atoms with van der Waals surface area (Å²) in [6.07, 6.45) is 6.08. The van der Waals surface area contributed by atoms with Gasteiger partial charge in [-0.1, -0.05) is 6.92 Å². The molecular weight excluding hydrogens is 286 g/mol. The molecule has 0 amide bonds. The first-order chi connectivity index (χ1) is 9.03. The third-order valence-corrected chi connectivity index (χ3v) is 4.86. The topological polar surface area (TPSA) is 84.2 Å². The molecule has 0 aliphatic rings. The third-order valence-electron chi connectivity index (χ3n) is 2.65. The number of nitrogens with one attached hydrogen (secondary N) is 1. The van der Waals surface area contributed by atoms with E-state index >= 15 is 0 Å². The van der Waals surface area contributed by atoms with Crippen molar-refractivity contribution in [3.8, 4) is 0 Å². The van der Waals surface area contributed by atoms with Gasteiger partial charge in [-0.05, 0) is 19.1 Å². The zero-order chi connectivity index (χ0) is 14.3. The van der Waals surface area contributed by atoms with E-state index in [-0.39, 0.29) is 17.5 Å². The highest BCUT2D eigenvalue weighted by Gasteiger charge is 2.20. The van der Waals surface area contributed by atoms with E-state index in [4.69, 9.17) is 5.11 Å². The maximum Gasteiger partial charge on any atom is 0.243 e. The van der Waals surface area contributed by atoms with Crippen molar-refractivity contribution in [1.82, 2.24) is 14.5 Å². The zero-order valence-electron chi connectivity index (χ0n) is 11.2. The van der Waals surface area contributed by atoms with Gasteiger partial charge in [-0.3, -0.25) is 4.68 Å². The second-order valence-corrected chi connectivity index (χ2v) is 6.82. The molecule has 8 heteroatoms. The van der Waals surface area contributed by atoms with Crippen molar-refractivity contribution in [2.24, 2.45) is 0 Å². The maximum atomic E-state index is 12.1. The minimum Gasteiger partial charge on any atom is -0.396 e. The van der Waals surface area contributed by atoms with Crippen molar-refractivity contribution in [3.63, 3.8) is 0 Å². The number of hydrogen-bond acceptors (Lipinski definition) is 5. The molecule has 1 heterocycles. The van der Waals surface area contributed by atoms with E-state index in [1.165, 1.54) is 17.1 Å². The average Bonchev–Trinajstić information content (AvgIpc) is 2.85. The van der Waals surface area contributed by atoms with Crippen molar-refractivity contribution in [2.75, 3.05) is 18.6 Å². The van der Waals surface area contributed by atoms with E-state index in [1.54, 1.807) is 11.8 Å². The lowest BCUT2D eigenvalue weighted by Crippen LogP contribution is -2.35. The van der Waals surface area contributed by atoms with Crippen LogP contribution >= 0.6 is 11.8 Å². The van der Waals surface area contributed by atoms with Gasteiger partial charge in [-0.25, -0.2) is 13.1 Å². The lowest BCUT2D eigenvalue weighted by molar-refractivity contribution is 0.277. The van der Waals surface area contributed by atoms with Gasteiger partial charge in [0, 0.05) is 31.1 Å². The van der Waals surface area contributed by atoms with Gasteiger partial charge in [0.1, 0.15) is 4.90 Å². The molecule has 1 aromatic heterocycles. The molecule has 0 aliphatic carbocycles. The van der Waals surface area contributed by atoms with Crippen LogP contribution in [0.2, 0.25) is 0 Å². The highest BCUT2D eigenvalue weighted by molar-refractivity contribution is 7.98. The molecule has 0 saturated carbocycles. The van der Waals surface area contributed by atoms with Crippen LogP contribution in [0, 0.1) is 0 Å². The minimum absolute atomic E-state index is 0.0613. The average molecular weight is 307 g/mol. The van der Waals surface area contributed by atoms with Gasteiger partial charge >= 0.3 is 0 Å². The number of aromatic nitrogens is 2. The van der Waals surface area contributed by atoms with Gasteiger partial charge in [-0.15, -0.1) is 0 Å². The van der Waals surface area contributed by atoms with Crippen molar-refractivity contribution >= 4 is 21.8 Å². The second-order valence-electron chi connectivity index (χ2n) is 4.20. The van der Waals surface area contributed by atoms with E-state index < -0.39 is 10.0 Å². The normalized spacial score (nSPS) is 13.6. The van der Waals surface area contributed by atoms with Crippen LogP contribution in [0.3, 0.4) is 0 Å². The Hall–Kier alpha value is -0.570. The largest absolute Gasteiger partial charge is 0.396 e. The number of nitrogens with zero attached hydrogens (tertiary/aromatic N) is 2. The summed E-state index contributed by atoms with van der Waals surface area (Å²) in [5.41, 5.74) is 0. The highest BCUT2D eigenvalue weighted by Crippen LogP contribution is 2.11. The molecule has 1 rings (SSSR count). The smallest absolute Gasteiger partial charge is 0.243 e. The quantitative estimate of drug-likeness (QED) is 0.701. The molecule has 2 N–H and O–H groups in total. The molecule has 0 spiro atoms. The van der Waals surface area contributed by atoms with Crippen LogP contribution < -0.4 is 4.72 Å². The molecule has 1 unspecified atom stereocenters. The Morgan fingerprint density at radius 3 is 2.89 bits per heavy atom. The van der Waals surface area contributed by atoms with Crippen LogP contribution in [0.25, 0.3) is 0 Å². The van der Waals surface area contributed by atoms with Gasteiger partial charge in [0.05, 0.1) is 6.20 Å². The monoisotopic (exact) mass is 307 g/mol. The van der Waals surface area contributed by atoms with E-state index in [2.05, 4.69) is 9.82 Å². The summed E-state index contributed by atoms with van der Waals surface area (Å²) >= 11 is 1.61. The first-order valence-corrected chi connectivity index (χ1v) is 9.05. The molecular formula is C11H21N3O3S2. The summed E-state index contributed by atoms with van der Waals surface area (Å²) in [5.74, 6) is 0.744. The number of aryl methyl sites for hydroxylation is 1. The Kier molecular flexibility index (Phi) is 6.84. The molecule has 110 valence electrons. The highest BCUT2D eigenvalue weighted by atomic mass is 32.2. The maximum absolute atomic E-state index is 12.1. The standard InChI is InChI=1S/C11H21N3O3S2/c1-3-10(9-18-2)13-19(16,17)11-7-12-14(8-11)5-4-6-15/h7-8,10,13,15H,3-6,9H2,1-2H3. The van der Waals surface area contributed by atoms with Gasteiger partial charge in [0.25, 0.3) is 0 Å². The van der Waals surface area contributed by atoms with Crippen LogP contribution in [0.15, 0.2) is 17.3 Å². The van der Waals surface area contributed by atoms with E-state index in [9.17, 15) is 8.42 Å². The molecule has 0 bridgehead atoms. The van der Waals surface area contributed by atoms with Gasteiger partial charge < -0.3 is 5.11 Å². The molecule has 1 aromatic rings. The lowest BCUT2D eigenvalue weighted by atomic mass is 10.3. The van der Waals surface area contributed by atoms with Crippen LogP contribution in [0.5, 0.6) is 0 Å². The summed E-state index contributed by atoms with van der Waals surface area (Å²) in [6.45, 7) is 2.52. The predicted molar refractivity (Wildman–Crippen MR) is 76.7 cm³/mol. The minimum atomic E-state index is -3.51. The summed E-state index contributed by atoms with van der Waals surface area (Å²) in [5, 5.41) is 12.7. The number of rotatable bonds is 9. The van der Waals surface area contributed by atoms with E-state index in [0.717, 1.165) is 12.2 Å². The number of sulfonamides is 1. The number of aliphatic hydroxyl groups is 1. The number of thioether (sulfide) groups is 1. The molecule has 6 nitrogen and oxygen atoms in total.